The Morgan fingerprint density at radius 1 is 1.08 bits per heavy atom. The van der Waals surface area contributed by atoms with E-state index in [1.807, 2.05) is 12.1 Å². The highest BCUT2D eigenvalue weighted by atomic mass is 19.1. The van der Waals surface area contributed by atoms with Gasteiger partial charge in [0.25, 0.3) is 0 Å². The van der Waals surface area contributed by atoms with Gasteiger partial charge in [0.05, 0.1) is 7.11 Å². The van der Waals surface area contributed by atoms with E-state index in [9.17, 15) is 18.4 Å². The Morgan fingerprint density at radius 3 is 2.23 bits per heavy atom. The van der Waals surface area contributed by atoms with Crippen LogP contribution in [0.4, 0.5) is 14.5 Å². The van der Waals surface area contributed by atoms with E-state index >= 15 is 0 Å². The Hall–Kier alpha value is -2.96. The van der Waals surface area contributed by atoms with Crippen molar-refractivity contribution in [1.29, 1.82) is 0 Å². The van der Waals surface area contributed by atoms with Crippen LogP contribution in [0, 0.1) is 11.6 Å². The second kappa shape index (κ2) is 8.94. The Balaban J connectivity index is 1.95. The molecule has 0 radical (unpaired) electrons. The van der Waals surface area contributed by atoms with E-state index < -0.39 is 23.2 Å². The first-order valence-corrected chi connectivity index (χ1v) is 8.03. The van der Waals surface area contributed by atoms with Crippen LogP contribution in [0.1, 0.15) is 18.9 Å². The molecule has 138 valence electrons. The number of carbonyl (C=O) groups excluding carboxylic acids is 2. The molecule has 0 spiro atoms. The predicted octanol–water partition coefficient (Wildman–Crippen LogP) is 3.35. The van der Waals surface area contributed by atoms with Crippen molar-refractivity contribution in [2.75, 3.05) is 19.0 Å². The number of carbonyl (C=O) groups is 2. The monoisotopic (exact) mass is 362 g/mol. The summed E-state index contributed by atoms with van der Waals surface area (Å²) in [5.74, 6) is -1.77. The van der Waals surface area contributed by atoms with Crippen LogP contribution in [-0.4, -0.2) is 30.4 Å². The fourth-order valence-electron chi connectivity index (χ4n) is 2.35. The number of rotatable bonds is 7. The molecular formula is C19H20F2N2O3. The first-order chi connectivity index (χ1) is 12.4. The Morgan fingerprint density at radius 2 is 1.69 bits per heavy atom. The van der Waals surface area contributed by atoms with Crippen LogP contribution >= 0.6 is 0 Å². The van der Waals surface area contributed by atoms with Crippen molar-refractivity contribution < 1.29 is 23.1 Å². The average molecular weight is 362 g/mol. The first-order valence-electron chi connectivity index (χ1n) is 8.03. The quantitative estimate of drug-likeness (QED) is 0.822. The van der Waals surface area contributed by atoms with E-state index in [2.05, 4.69) is 5.32 Å². The summed E-state index contributed by atoms with van der Waals surface area (Å²) in [6.45, 7) is 1.85. The van der Waals surface area contributed by atoms with Gasteiger partial charge < -0.3 is 15.0 Å². The summed E-state index contributed by atoms with van der Waals surface area (Å²) in [7, 11) is 1.56. The number of nitrogens with zero attached hydrogens (tertiary/aromatic N) is 1. The van der Waals surface area contributed by atoms with E-state index in [-0.39, 0.29) is 18.9 Å². The molecule has 5 nitrogen and oxygen atoms in total. The minimum absolute atomic E-state index is 0.0799. The zero-order valence-corrected chi connectivity index (χ0v) is 14.6. The molecule has 0 heterocycles. The summed E-state index contributed by atoms with van der Waals surface area (Å²) in [5.41, 5.74) is 0.392. The molecule has 7 heteroatoms. The molecule has 0 atom stereocenters. The van der Waals surface area contributed by atoms with Crippen molar-refractivity contribution in [1.82, 2.24) is 4.90 Å². The van der Waals surface area contributed by atoms with Gasteiger partial charge in [0, 0.05) is 26.4 Å². The highest BCUT2D eigenvalue weighted by Gasteiger charge is 2.15. The zero-order valence-electron chi connectivity index (χ0n) is 14.6. The maximum absolute atomic E-state index is 13.6. The second-order valence-corrected chi connectivity index (χ2v) is 5.68. The van der Waals surface area contributed by atoms with Crippen LogP contribution in [0.15, 0.2) is 42.5 Å². The molecule has 2 aromatic rings. The van der Waals surface area contributed by atoms with Gasteiger partial charge in [-0.15, -0.1) is 0 Å². The lowest BCUT2D eigenvalue weighted by Crippen LogP contribution is -2.31. The molecule has 2 rings (SSSR count). The van der Waals surface area contributed by atoms with E-state index in [1.165, 1.54) is 17.9 Å². The number of hydrogen-bond donors (Lipinski definition) is 1. The lowest BCUT2D eigenvalue weighted by atomic mass is 10.2. The molecule has 0 aliphatic rings. The molecule has 0 unspecified atom stereocenters. The molecule has 1 N–H and O–H groups in total. The van der Waals surface area contributed by atoms with Crippen molar-refractivity contribution in [3.05, 3.63) is 59.7 Å². The van der Waals surface area contributed by atoms with Crippen LogP contribution in [0.25, 0.3) is 0 Å². The predicted molar refractivity (Wildman–Crippen MR) is 93.7 cm³/mol. The van der Waals surface area contributed by atoms with Gasteiger partial charge in [-0.05, 0) is 29.8 Å². The molecule has 0 fully saturated rings. The molecule has 0 bridgehead atoms. The Labute approximate surface area is 150 Å². The Kier molecular flexibility index (Phi) is 6.66. The van der Waals surface area contributed by atoms with Gasteiger partial charge >= 0.3 is 0 Å². The molecule has 0 saturated heterocycles. The van der Waals surface area contributed by atoms with Crippen molar-refractivity contribution in [2.45, 2.75) is 19.9 Å². The average Bonchev–Trinajstić information content (AvgIpc) is 2.62. The number of halogens is 2. The highest BCUT2D eigenvalue weighted by Crippen LogP contribution is 2.18. The summed E-state index contributed by atoms with van der Waals surface area (Å²) in [6.07, 6.45) is -0.0799. The van der Waals surface area contributed by atoms with E-state index in [0.29, 0.717) is 12.3 Å². The number of ether oxygens (including phenoxy) is 1. The molecule has 2 amide bonds. The first kappa shape index (κ1) is 19.4. The third-order valence-corrected chi connectivity index (χ3v) is 3.81. The number of para-hydroxylation sites is 1. The van der Waals surface area contributed by atoms with Gasteiger partial charge in [-0.1, -0.05) is 18.2 Å². The topological polar surface area (TPSA) is 58.6 Å². The molecule has 2 aromatic carbocycles. The van der Waals surface area contributed by atoms with Gasteiger partial charge in [0.15, 0.2) is 0 Å². The second-order valence-electron chi connectivity index (χ2n) is 5.68. The maximum Gasteiger partial charge on any atom is 0.226 e. The molecule has 0 saturated carbocycles. The lowest BCUT2D eigenvalue weighted by molar-refractivity contribution is -0.129. The third-order valence-electron chi connectivity index (χ3n) is 3.81. The minimum atomic E-state index is -0.847. The maximum atomic E-state index is 13.6. The molecule has 0 aromatic heterocycles. The molecular weight excluding hydrogens is 342 g/mol. The van der Waals surface area contributed by atoms with Gasteiger partial charge in [0.1, 0.15) is 23.1 Å². The summed E-state index contributed by atoms with van der Waals surface area (Å²) in [4.78, 5) is 25.3. The van der Waals surface area contributed by atoms with Crippen molar-refractivity contribution in [2.24, 2.45) is 0 Å². The highest BCUT2D eigenvalue weighted by molar-refractivity contribution is 5.91. The lowest BCUT2D eigenvalue weighted by Gasteiger charge is -2.21. The van der Waals surface area contributed by atoms with Gasteiger partial charge in [-0.2, -0.15) is 0 Å². The van der Waals surface area contributed by atoms with Crippen molar-refractivity contribution in [3.8, 4) is 5.75 Å². The number of anilines is 1. The largest absolute Gasteiger partial charge is 0.497 e. The normalized spacial score (nSPS) is 10.3. The van der Waals surface area contributed by atoms with E-state index in [4.69, 9.17) is 4.74 Å². The van der Waals surface area contributed by atoms with Gasteiger partial charge in [0.2, 0.25) is 11.8 Å². The summed E-state index contributed by atoms with van der Waals surface area (Å²) in [6, 6.07) is 10.5. The summed E-state index contributed by atoms with van der Waals surface area (Å²) < 4.78 is 32.2. The standard InChI is InChI=1S/C19H20F2N2O3/c1-13(24)23(12-14-6-8-15(26-2)9-7-14)11-10-18(25)22-19-16(20)4-3-5-17(19)21/h3-9H,10-12H2,1-2H3,(H,22,25). The Bertz CT molecular complexity index is 759. The molecule has 0 aliphatic carbocycles. The summed E-state index contributed by atoms with van der Waals surface area (Å²) in [5, 5.41) is 2.21. The smallest absolute Gasteiger partial charge is 0.226 e. The third kappa shape index (κ3) is 5.27. The van der Waals surface area contributed by atoms with Crippen molar-refractivity contribution in [3.63, 3.8) is 0 Å². The number of nitrogens with one attached hydrogen (secondary N) is 1. The fraction of sp³-hybridized carbons (Fsp3) is 0.263. The van der Waals surface area contributed by atoms with Crippen LogP contribution < -0.4 is 10.1 Å². The number of benzene rings is 2. The van der Waals surface area contributed by atoms with Crippen molar-refractivity contribution >= 4 is 17.5 Å². The number of methoxy groups -OCH3 is 1. The molecule has 0 aliphatic heterocycles. The van der Waals surface area contributed by atoms with E-state index in [1.54, 1.807) is 19.2 Å². The van der Waals surface area contributed by atoms with Crippen LogP contribution in [0.5, 0.6) is 5.75 Å². The zero-order chi connectivity index (χ0) is 19.1. The number of hydrogen-bond acceptors (Lipinski definition) is 3. The minimum Gasteiger partial charge on any atom is -0.497 e. The summed E-state index contributed by atoms with van der Waals surface area (Å²) >= 11 is 0. The van der Waals surface area contributed by atoms with Gasteiger partial charge in [-0.25, -0.2) is 8.78 Å². The van der Waals surface area contributed by atoms with Crippen LogP contribution in [0.2, 0.25) is 0 Å². The van der Waals surface area contributed by atoms with Crippen LogP contribution in [0.3, 0.4) is 0 Å². The van der Waals surface area contributed by atoms with E-state index in [0.717, 1.165) is 17.7 Å². The van der Waals surface area contributed by atoms with Crippen LogP contribution in [-0.2, 0) is 16.1 Å². The SMILES string of the molecule is COc1ccc(CN(CCC(=O)Nc2c(F)cccc2F)C(C)=O)cc1. The number of amides is 2. The van der Waals surface area contributed by atoms with Gasteiger partial charge in [-0.3, -0.25) is 9.59 Å². The fourth-order valence-corrected chi connectivity index (χ4v) is 2.35. The molecule has 26 heavy (non-hydrogen) atoms.